The second kappa shape index (κ2) is 6.37. The number of hydrogen-bond donors (Lipinski definition) is 2. The van der Waals surface area contributed by atoms with Crippen molar-refractivity contribution in [2.75, 3.05) is 26.5 Å². The lowest BCUT2D eigenvalue weighted by molar-refractivity contribution is -0.856. The average Bonchev–Trinajstić information content (AvgIpc) is 2.67. The van der Waals surface area contributed by atoms with E-state index in [9.17, 15) is 0 Å². The molecule has 0 aliphatic carbocycles. The molecule has 1 aromatic carbocycles. The fraction of sp³-hybridized carbons (Fsp3) is 0.333. The van der Waals surface area contributed by atoms with Gasteiger partial charge in [-0.05, 0) is 24.3 Å². The number of hydrogen-bond acceptors (Lipinski definition) is 4. The van der Waals surface area contributed by atoms with Gasteiger partial charge in [0.25, 0.3) is 6.29 Å². The van der Waals surface area contributed by atoms with Gasteiger partial charge in [0.2, 0.25) is 0 Å². The second-order valence-electron chi connectivity index (χ2n) is 4.11. The molecule has 0 saturated carbocycles. The molecule has 1 aliphatic heterocycles. The number of halogens is 1. The molecule has 1 heterocycles. The van der Waals surface area contributed by atoms with Gasteiger partial charge in [-0.2, -0.15) is 0 Å². The number of rotatable bonds is 3. The first-order chi connectivity index (χ1) is 8.20. The van der Waals surface area contributed by atoms with Gasteiger partial charge in [-0.1, -0.05) is 0 Å². The molecule has 0 fully saturated rings. The summed E-state index contributed by atoms with van der Waals surface area (Å²) in [6.07, 6.45) is 4.12. The Labute approximate surface area is 114 Å². The minimum atomic E-state index is 0. The molecule has 0 spiro atoms. The molecule has 0 saturated heterocycles. The zero-order valence-corrected chi connectivity index (χ0v) is 11.5. The first-order valence-corrected chi connectivity index (χ1v) is 5.63. The van der Waals surface area contributed by atoms with E-state index in [0.29, 0.717) is 0 Å². The summed E-state index contributed by atoms with van der Waals surface area (Å²) in [5.74, 6) is 0. The van der Waals surface area contributed by atoms with Crippen molar-refractivity contribution in [1.29, 1.82) is 0 Å². The lowest BCUT2D eigenvalue weighted by Crippen LogP contribution is -3.08. The monoisotopic (exact) mass is 267 g/mol. The zero-order chi connectivity index (χ0) is 12.3. The van der Waals surface area contributed by atoms with E-state index in [-0.39, 0.29) is 18.7 Å². The van der Waals surface area contributed by atoms with Crippen LogP contribution in [0, 0.1) is 0 Å². The lowest BCUT2D eigenvalue weighted by atomic mass is 10.3. The highest BCUT2D eigenvalue weighted by Gasteiger charge is 2.24. The Kier molecular flexibility index (Phi) is 5.12. The molecule has 1 aromatic rings. The smallest absolute Gasteiger partial charge is 0.284 e. The van der Waals surface area contributed by atoms with Crippen LogP contribution in [0.15, 0.2) is 46.9 Å². The molecule has 2 rings (SSSR count). The molecule has 0 bridgehead atoms. The largest absolute Gasteiger partial charge is 1.00 e. The van der Waals surface area contributed by atoms with Gasteiger partial charge in [-0.15, -0.1) is 10.2 Å². The topological polar surface area (TPSA) is 44.4 Å². The number of quaternary nitrogens is 1. The molecule has 0 aromatic heterocycles. The third-order valence-corrected chi connectivity index (χ3v) is 2.80. The van der Waals surface area contributed by atoms with Crippen LogP contribution in [0.4, 0.5) is 11.4 Å². The van der Waals surface area contributed by atoms with Gasteiger partial charge < -0.3 is 22.6 Å². The highest BCUT2D eigenvalue weighted by atomic mass is 35.5. The maximum atomic E-state index is 4.34. The van der Waals surface area contributed by atoms with Crippen molar-refractivity contribution in [2.45, 2.75) is 6.29 Å². The third-order valence-electron chi connectivity index (χ3n) is 2.80. The minimum Gasteiger partial charge on any atom is -1.00 e. The highest BCUT2D eigenvalue weighted by Crippen LogP contribution is 2.16. The van der Waals surface area contributed by atoms with E-state index in [4.69, 9.17) is 0 Å². The minimum absolute atomic E-state index is 0. The Morgan fingerprint density at radius 2 is 1.94 bits per heavy atom. The van der Waals surface area contributed by atoms with Crippen LogP contribution < -0.4 is 22.6 Å². The lowest BCUT2D eigenvalue weighted by Gasteiger charge is -2.16. The van der Waals surface area contributed by atoms with Crippen molar-refractivity contribution in [3.05, 3.63) is 36.7 Å². The van der Waals surface area contributed by atoms with Gasteiger partial charge in [0.1, 0.15) is 6.20 Å². The van der Waals surface area contributed by atoms with E-state index < -0.39 is 0 Å². The van der Waals surface area contributed by atoms with E-state index in [1.165, 1.54) is 4.90 Å². The molecule has 2 unspecified atom stereocenters. The van der Waals surface area contributed by atoms with Crippen molar-refractivity contribution in [1.82, 2.24) is 4.90 Å². The van der Waals surface area contributed by atoms with Crippen LogP contribution in [0.5, 0.6) is 0 Å². The van der Waals surface area contributed by atoms with Crippen molar-refractivity contribution in [3.63, 3.8) is 0 Å². The molecule has 2 N–H and O–H groups in total. The van der Waals surface area contributed by atoms with Gasteiger partial charge >= 0.3 is 0 Å². The quantitative estimate of drug-likeness (QED) is 0.624. The molecule has 98 valence electrons. The number of azo groups is 1. The Morgan fingerprint density at radius 3 is 2.44 bits per heavy atom. The molecule has 0 amide bonds. The Bertz CT molecular complexity index is 417. The van der Waals surface area contributed by atoms with Crippen LogP contribution in [0.25, 0.3) is 0 Å². The van der Waals surface area contributed by atoms with Crippen LogP contribution in [-0.4, -0.2) is 32.3 Å². The fourth-order valence-corrected chi connectivity index (χ4v) is 1.71. The Morgan fingerprint density at radius 1 is 1.28 bits per heavy atom. The van der Waals surface area contributed by atoms with Crippen molar-refractivity contribution in [3.8, 4) is 0 Å². The second-order valence-corrected chi connectivity index (χ2v) is 4.11. The van der Waals surface area contributed by atoms with Gasteiger partial charge in [0.05, 0.1) is 18.9 Å². The maximum absolute atomic E-state index is 4.34. The van der Waals surface area contributed by atoms with Gasteiger partial charge in [-0.3, -0.25) is 4.90 Å². The highest BCUT2D eigenvalue weighted by molar-refractivity contribution is 5.50. The summed E-state index contributed by atoms with van der Waals surface area (Å²) < 4.78 is 0. The van der Waals surface area contributed by atoms with Crippen LogP contribution in [0.2, 0.25) is 0 Å². The molecular weight excluding hydrogens is 250 g/mol. The van der Waals surface area contributed by atoms with Crippen molar-refractivity contribution < 1.29 is 17.3 Å². The number of benzene rings is 1. The summed E-state index contributed by atoms with van der Waals surface area (Å²) in [6.45, 7) is 0. The fourth-order valence-electron chi connectivity index (χ4n) is 1.71. The molecule has 0 radical (unpaired) electrons. The standard InChI is InChI=1S/C12H17N5.ClH/c1-13-10-4-6-11(7-5-10)14-15-12-16(2)8-9-17(12)3;/h4-9,12-13H,1-3H3;1H. The van der Waals surface area contributed by atoms with E-state index in [2.05, 4.69) is 28.8 Å². The molecule has 2 atom stereocenters. The van der Waals surface area contributed by atoms with E-state index >= 15 is 0 Å². The van der Waals surface area contributed by atoms with E-state index in [1.54, 1.807) is 0 Å². The molecular formula is C12H18ClN5. The summed E-state index contributed by atoms with van der Waals surface area (Å²) in [4.78, 5) is 3.25. The first kappa shape index (κ1) is 14.5. The van der Waals surface area contributed by atoms with Gasteiger partial charge in [-0.25, -0.2) is 0 Å². The zero-order valence-electron chi connectivity index (χ0n) is 10.8. The molecule has 6 heteroatoms. The van der Waals surface area contributed by atoms with Gasteiger partial charge in [0.15, 0.2) is 0 Å². The number of nitrogens with one attached hydrogen (secondary N) is 2. The third kappa shape index (κ3) is 3.21. The molecule has 1 aliphatic rings. The number of nitrogens with zero attached hydrogens (tertiary/aromatic N) is 3. The summed E-state index contributed by atoms with van der Waals surface area (Å²) in [5.41, 5.74) is 1.95. The van der Waals surface area contributed by atoms with Crippen LogP contribution in [0.3, 0.4) is 0 Å². The average molecular weight is 268 g/mol. The van der Waals surface area contributed by atoms with Crippen LogP contribution in [0.1, 0.15) is 0 Å². The van der Waals surface area contributed by atoms with Gasteiger partial charge in [0, 0.05) is 19.8 Å². The van der Waals surface area contributed by atoms with Crippen LogP contribution >= 0.6 is 0 Å². The summed E-state index contributed by atoms with van der Waals surface area (Å²) in [6, 6.07) is 7.88. The Balaban J connectivity index is 0.00000162. The first-order valence-electron chi connectivity index (χ1n) is 5.63. The summed E-state index contributed by atoms with van der Waals surface area (Å²) in [7, 11) is 5.96. The molecule has 18 heavy (non-hydrogen) atoms. The maximum Gasteiger partial charge on any atom is 0.284 e. The van der Waals surface area contributed by atoms with Crippen molar-refractivity contribution in [2.24, 2.45) is 10.2 Å². The number of anilines is 1. The Hall–Kier alpha value is -1.59. The van der Waals surface area contributed by atoms with E-state index in [0.717, 1.165) is 11.4 Å². The predicted molar refractivity (Wildman–Crippen MR) is 68.1 cm³/mol. The summed E-state index contributed by atoms with van der Waals surface area (Å²) >= 11 is 0. The van der Waals surface area contributed by atoms with E-state index in [1.807, 2.05) is 49.5 Å². The summed E-state index contributed by atoms with van der Waals surface area (Å²) in [5, 5.41) is 11.7. The SMILES string of the molecule is CNc1ccc(N=NC2N(C)C=C[NH+]2C)cc1.[Cl-]. The van der Waals surface area contributed by atoms with Crippen molar-refractivity contribution >= 4 is 11.4 Å². The van der Waals surface area contributed by atoms with Crippen LogP contribution in [-0.2, 0) is 0 Å². The normalized spacial score (nSPS) is 22.3. The predicted octanol–water partition coefficient (Wildman–Crippen LogP) is -1.97. The molecule has 5 nitrogen and oxygen atoms in total.